The van der Waals surface area contributed by atoms with Crippen LogP contribution < -0.4 is 4.18 Å². The fraction of sp³-hybridized carbons (Fsp3) is 0.125. The quantitative estimate of drug-likeness (QED) is 0.805. The van der Waals surface area contributed by atoms with Crippen molar-refractivity contribution >= 4 is 16.2 Å². The predicted molar refractivity (Wildman–Crippen MR) is 80.3 cm³/mol. The lowest BCUT2D eigenvalue weighted by atomic mass is 10.1. The van der Waals surface area contributed by atoms with Crippen LogP contribution in [-0.2, 0) is 10.1 Å². The highest BCUT2D eigenvalue weighted by molar-refractivity contribution is 7.87. The molecule has 2 aromatic carbocycles. The normalized spacial score (nSPS) is 11.1. The van der Waals surface area contributed by atoms with Crippen LogP contribution in [0.3, 0.4) is 0 Å². The number of hydrogen-bond acceptors (Lipinski definition) is 3. The van der Waals surface area contributed by atoms with Gasteiger partial charge in [-0.1, -0.05) is 48.0 Å². The Kier molecular flexibility index (Phi) is 3.95. The second-order valence-electron chi connectivity index (χ2n) is 4.60. The smallest absolute Gasteiger partial charge is 0.339 e. The molecule has 0 unspecified atom stereocenters. The zero-order chi connectivity index (χ0) is 14.8. The van der Waals surface area contributed by atoms with Crippen molar-refractivity contribution in [3.8, 4) is 5.75 Å². The van der Waals surface area contributed by atoms with Crippen LogP contribution in [0, 0.1) is 13.8 Å². The highest BCUT2D eigenvalue weighted by atomic mass is 32.2. The van der Waals surface area contributed by atoms with Gasteiger partial charge in [-0.25, -0.2) is 0 Å². The van der Waals surface area contributed by atoms with E-state index < -0.39 is 10.1 Å². The summed E-state index contributed by atoms with van der Waals surface area (Å²) in [7, 11) is -3.86. The third-order valence-corrected chi connectivity index (χ3v) is 4.20. The molecule has 4 heteroatoms. The molecule has 0 radical (unpaired) electrons. The topological polar surface area (TPSA) is 43.4 Å². The van der Waals surface area contributed by atoms with Gasteiger partial charge in [-0.15, -0.1) is 0 Å². The van der Waals surface area contributed by atoms with E-state index in [2.05, 4.69) is 6.58 Å². The van der Waals surface area contributed by atoms with Gasteiger partial charge < -0.3 is 4.18 Å². The van der Waals surface area contributed by atoms with Crippen molar-refractivity contribution < 1.29 is 12.6 Å². The summed E-state index contributed by atoms with van der Waals surface area (Å²) in [6.45, 7) is 7.46. The Morgan fingerprint density at radius 3 is 2.20 bits per heavy atom. The first-order valence-electron chi connectivity index (χ1n) is 6.16. The maximum Gasteiger partial charge on any atom is 0.339 e. The number of rotatable bonds is 4. The second kappa shape index (κ2) is 5.51. The fourth-order valence-electron chi connectivity index (χ4n) is 1.82. The minimum atomic E-state index is -3.86. The van der Waals surface area contributed by atoms with E-state index in [1.54, 1.807) is 36.4 Å². The van der Waals surface area contributed by atoms with Crippen LogP contribution in [0.15, 0.2) is 53.9 Å². The summed E-state index contributed by atoms with van der Waals surface area (Å²) in [5.74, 6) is 0.297. The molecule has 0 spiro atoms. The maximum absolute atomic E-state index is 12.3. The van der Waals surface area contributed by atoms with Gasteiger partial charge in [0.15, 0.2) is 0 Å². The van der Waals surface area contributed by atoms with Gasteiger partial charge in [0.25, 0.3) is 0 Å². The largest absolute Gasteiger partial charge is 0.379 e. The summed E-state index contributed by atoms with van der Waals surface area (Å²) in [5.41, 5.74) is 2.54. The maximum atomic E-state index is 12.3. The van der Waals surface area contributed by atoms with Gasteiger partial charge in [0, 0.05) is 0 Å². The average molecular weight is 288 g/mol. The molecule has 0 N–H and O–H groups in total. The Bertz CT molecular complexity index is 729. The first-order valence-corrected chi connectivity index (χ1v) is 7.57. The fourth-order valence-corrected chi connectivity index (χ4v) is 2.94. The second-order valence-corrected chi connectivity index (χ2v) is 6.11. The Morgan fingerprint density at radius 1 is 1.00 bits per heavy atom. The number of aryl methyl sites for hydroxylation is 2. The van der Waals surface area contributed by atoms with Gasteiger partial charge in [0.05, 0.1) is 0 Å². The lowest BCUT2D eigenvalue weighted by Gasteiger charge is -2.10. The standard InChI is InChI=1S/C16H16O3S/c1-4-14-11-13(3)7-10-16(14)20(17,18)19-15-8-5-12(2)6-9-15/h4-11H,1H2,2-3H3. The molecule has 2 rings (SSSR count). The Hall–Kier alpha value is -2.07. The molecule has 0 saturated heterocycles. The van der Waals surface area contributed by atoms with Gasteiger partial charge in [0.1, 0.15) is 10.6 Å². The molecule has 0 heterocycles. The molecular formula is C16H16O3S. The van der Waals surface area contributed by atoms with E-state index in [9.17, 15) is 8.42 Å². The molecule has 104 valence electrons. The minimum Gasteiger partial charge on any atom is -0.379 e. The van der Waals surface area contributed by atoms with Crippen LogP contribution >= 0.6 is 0 Å². The highest BCUT2D eigenvalue weighted by Gasteiger charge is 2.19. The molecule has 2 aromatic rings. The van der Waals surface area contributed by atoms with Crippen LogP contribution in [0.25, 0.3) is 6.08 Å². The molecule has 0 aliphatic heterocycles. The first kappa shape index (κ1) is 14.3. The van der Waals surface area contributed by atoms with Gasteiger partial charge in [-0.3, -0.25) is 0 Å². The van der Waals surface area contributed by atoms with Crippen LogP contribution in [-0.4, -0.2) is 8.42 Å². The van der Waals surface area contributed by atoms with Crippen molar-refractivity contribution in [3.05, 3.63) is 65.7 Å². The summed E-state index contributed by atoms with van der Waals surface area (Å²) in [5, 5.41) is 0. The summed E-state index contributed by atoms with van der Waals surface area (Å²) < 4.78 is 29.8. The third-order valence-electron chi connectivity index (χ3n) is 2.88. The SMILES string of the molecule is C=Cc1cc(C)ccc1S(=O)(=O)Oc1ccc(C)cc1. The van der Waals surface area contributed by atoms with Gasteiger partial charge in [-0.2, -0.15) is 8.42 Å². The van der Waals surface area contributed by atoms with Crippen molar-refractivity contribution in [1.29, 1.82) is 0 Å². The molecule has 0 atom stereocenters. The monoisotopic (exact) mass is 288 g/mol. The zero-order valence-electron chi connectivity index (χ0n) is 11.5. The molecule has 0 aliphatic rings. The molecule has 3 nitrogen and oxygen atoms in total. The van der Waals surface area contributed by atoms with E-state index >= 15 is 0 Å². The van der Waals surface area contributed by atoms with Crippen LogP contribution in [0.1, 0.15) is 16.7 Å². The summed E-state index contributed by atoms with van der Waals surface area (Å²) >= 11 is 0. The van der Waals surface area contributed by atoms with Crippen LogP contribution in [0.5, 0.6) is 5.75 Å². The van der Waals surface area contributed by atoms with Gasteiger partial charge >= 0.3 is 10.1 Å². The van der Waals surface area contributed by atoms with Gasteiger partial charge in [0.2, 0.25) is 0 Å². The molecule has 0 bridgehead atoms. The van der Waals surface area contributed by atoms with E-state index in [1.807, 2.05) is 13.8 Å². The van der Waals surface area contributed by atoms with E-state index in [0.29, 0.717) is 11.3 Å². The van der Waals surface area contributed by atoms with Crippen molar-refractivity contribution in [2.75, 3.05) is 0 Å². The Morgan fingerprint density at radius 2 is 1.60 bits per heavy atom. The van der Waals surface area contributed by atoms with Crippen LogP contribution in [0.4, 0.5) is 0 Å². The van der Waals surface area contributed by atoms with E-state index in [1.165, 1.54) is 12.1 Å². The van der Waals surface area contributed by atoms with E-state index in [0.717, 1.165) is 11.1 Å². The molecule has 0 aliphatic carbocycles. The molecule has 0 aromatic heterocycles. The zero-order valence-corrected chi connectivity index (χ0v) is 12.3. The molecule has 0 fully saturated rings. The lowest BCUT2D eigenvalue weighted by Crippen LogP contribution is -2.11. The first-order chi connectivity index (χ1) is 9.42. The Balaban J connectivity index is 2.40. The summed E-state index contributed by atoms with van der Waals surface area (Å²) in [6, 6.07) is 11.9. The summed E-state index contributed by atoms with van der Waals surface area (Å²) in [6.07, 6.45) is 1.51. The van der Waals surface area contributed by atoms with Gasteiger partial charge in [-0.05, 0) is 37.6 Å². The molecule has 20 heavy (non-hydrogen) atoms. The molecular weight excluding hydrogens is 272 g/mol. The van der Waals surface area contributed by atoms with E-state index in [4.69, 9.17) is 4.18 Å². The molecule has 0 saturated carbocycles. The lowest BCUT2D eigenvalue weighted by molar-refractivity contribution is 0.486. The minimum absolute atomic E-state index is 0.124. The van der Waals surface area contributed by atoms with Crippen molar-refractivity contribution in [1.82, 2.24) is 0 Å². The summed E-state index contributed by atoms with van der Waals surface area (Å²) in [4.78, 5) is 0.124. The van der Waals surface area contributed by atoms with E-state index in [-0.39, 0.29) is 4.90 Å². The molecule has 0 amide bonds. The highest BCUT2D eigenvalue weighted by Crippen LogP contribution is 2.23. The third kappa shape index (κ3) is 3.08. The van der Waals surface area contributed by atoms with Crippen molar-refractivity contribution in [2.24, 2.45) is 0 Å². The number of hydrogen-bond donors (Lipinski definition) is 0. The van der Waals surface area contributed by atoms with Crippen LogP contribution in [0.2, 0.25) is 0 Å². The Labute approximate surface area is 119 Å². The average Bonchev–Trinajstić information content (AvgIpc) is 2.40. The predicted octanol–water partition coefficient (Wildman–Crippen LogP) is 3.71. The van der Waals surface area contributed by atoms with Crippen molar-refractivity contribution in [2.45, 2.75) is 18.7 Å². The number of benzene rings is 2. The van der Waals surface area contributed by atoms with Crippen molar-refractivity contribution in [3.63, 3.8) is 0 Å².